The Morgan fingerprint density at radius 3 is 2.84 bits per heavy atom. The summed E-state index contributed by atoms with van der Waals surface area (Å²) in [6.45, 7) is -0.169. The van der Waals surface area contributed by atoms with E-state index in [1.165, 1.54) is 51.5 Å². The van der Waals surface area contributed by atoms with Gasteiger partial charge >= 0.3 is 12.0 Å². The zero-order valence-corrected chi connectivity index (χ0v) is 22.0. The van der Waals surface area contributed by atoms with E-state index in [2.05, 4.69) is 26.2 Å². The second-order valence-corrected chi connectivity index (χ2v) is 11.0. The van der Waals surface area contributed by atoms with Gasteiger partial charge in [0.15, 0.2) is 0 Å². The molecule has 0 radical (unpaired) electrons. The highest BCUT2D eigenvalue weighted by Crippen LogP contribution is 2.41. The lowest BCUT2D eigenvalue weighted by molar-refractivity contribution is -0.150. The maximum Gasteiger partial charge on any atom is 0.352 e. The first-order valence-electron chi connectivity index (χ1n) is 10.7. The number of urea groups is 1. The number of hydrogen-bond donors (Lipinski definition) is 3. The molecule has 0 bridgehead atoms. The fourth-order valence-electron chi connectivity index (χ4n) is 3.66. The number of nitrogens with one attached hydrogen (secondary N) is 2. The number of carboxylic acids is 1. The highest BCUT2D eigenvalue weighted by atomic mass is 32.2. The van der Waals surface area contributed by atoms with Gasteiger partial charge in [0.1, 0.15) is 29.7 Å². The highest BCUT2D eigenvalue weighted by molar-refractivity contribution is 8.01. The van der Waals surface area contributed by atoms with Crippen molar-refractivity contribution in [1.82, 2.24) is 40.6 Å². The van der Waals surface area contributed by atoms with E-state index < -0.39 is 41.3 Å². The summed E-state index contributed by atoms with van der Waals surface area (Å²) in [5.41, 5.74) is 0.437. The summed E-state index contributed by atoms with van der Waals surface area (Å²) >= 11 is 3.85. The average Bonchev–Trinajstić information content (AvgIpc) is 3.55. The predicted molar refractivity (Wildman–Crippen MR) is 133 cm³/mol. The molecule has 2 aliphatic rings. The Balaban J connectivity index is 1.47. The minimum absolute atomic E-state index is 0.108. The van der Waals surface area contributed by atoms with Gasteiger partial charge in [0.05, 0.1) is 6.07 Å². The van der Waals surface area contributed by atoms with Crippen molar-refractivity contribution in [2.75, 3.05) is 25.1 Å². The third-order valence-corrected chi connectivity index (χ3v) is 8.89. The summed E-state index contributed by atoms with van der Waals surface area (Å²) in [6.07, 6.45) is 0. The first-order chi connectivity index (χ1) is 17.7. The molecule has 4 amide bonds. The van der Waals surface area contributed by atoms with Gasteiger partial charge in [-0.05, 0) is 27.4 Å². The van der Waals surface area contributed by atoms with Gasteiger partial charge in [0, 0.05) is 30.5 Å². The van der Waals surface area contributed by atoms with Crippen LogP contribution in [-0.2, 0) is 21.4 Å². The molecule has 0 spiro atoms. The van der Waals surface area contributed by atoms with E-state index >= 15 is 0 Å². The molecule has 0 aliphatic carbocycles. The van der Waals surface area contributed by atoms with Gasteiger partial charge in [-0.2, -0.15) is 5.26 Å². The summed E-state index contributed by atoms with van der Waals surface area (Å²) in [6, 6.07) is 2.58. The first-order valence-corrected chi connectivity index (χ1v) is 13.6. The number of aromatic nitrogens is 4. The van der Waals surface area contributed by atoms with Crippen molar-refractivity contribution in [3.63, 3.8) is 0 Å². The number of aryl methyl sites for hydroxylation is 1. The zero-order chi connectivity index (χ0) is 26.7. The van der Waals surface area contributed by atoms with Crippen LogP contribution in [0.4, 0.5) is 4.79 Å². The van der Waals surface area contributed by atoms with Crippen LogP contribution in [0.15, 0.2) is 33.9 Å². The van der Waals surface area contributed by atoms with E-state index in [4.69, 9.17) is 5.26 Å². The lowest BCUT2D eigenvalue weighted by atomic mass is 10.0. The molecule has 4 heterocycles. The molecule has 3 atom stereocenters. The van der Waals surface area contributed by atoms with Gasteiger partial charge in [0.2, 0.25) is 11.1 Å². The number of tetrazole rings is 1. The molecule has 0 saturated carbocycles. The number of fused-ring (bicyclic) bond motifs is 1. The number of nitrogens with zero attached hydrogens (tertiary/aromatic N) is 7. The van der Waals surface area contributed by atoms with Crippen molar-refractivity contribution in [2.45, 2.75) is 22.6 Å². The predicted octanol–water partition coefficient (Wildman–Crippen LogP) is 0.00858. The number of thioether (sulfide) groups is 2. The molecular formula is C20H21N9O5S3. The number of β-lactam (4-membered cyclic amide) rings is 1. The SMILES string of the molecule is CN(CC#N)C(=O)NC(C(=O)N[C@H]1C(=O)N2C(C(=O)O)=C(CSc3nnnn3C)CSC12)c1cccs1. The van der Waals surface area contributed by atoms with Gasteiger partial charge < -0.3 is 20.6 Å². The topological polar surface area (TPSA) is 186 Å². The van der Waals surface area contributed by atoms with Crippen molar-refractivity contribution in [2.24, 2.45) is 7.05 Å². The molecule has 4 rings (SSSR count). The average molecular weight is 564 g/mol. The molecular weight excluding hydrogens is 542 g/mol. The maximum atomic E-state index is 13.2. The third-order valence-electron chi connectivity index (χ3n) is 5.52. The fraction of sp³-hybridized carbons (Fsp3) is 0.400. The molecule has 2 aromatic heterocycles. The van der Waals surface area contributed by atoms with E-state index in [0.717, 1.165) is 4.90 Å². The van der Waals surface area contributed by atoms with E-state index in [-0.39, 0.29) is 18.0 Å². The minimum Gasteiger partial charge on any atom is -0.477 e. The summed E-state index contributed by atoms with van der Waals surface area (Å²) in [5, 5.41) is 36.8. The van der Waals surface area contributed by atoms with E-state index in [1.54, 1.807) is 24.6 Å². The largest absolute Gasteiger partial charge is 0.477 e. The molecule has 2 unspecified atom stereocenters. The number of carbonyl (C=O) groups excluding carboxylic acids is 3. The van der Waals surface area contributed by atoms with Gasteiger partial charge in [-0.1, -0.05) is 17.8 Å². The number of carboxylic acid groups (broad SMARTS) is 1. The molecule has 194 valence electrons. The fourth-order valence-corrected chi connectivity index (χ4v) is 6.77. The molecule has 2 aromatic rings. The van der Waals surface area contributed by atoms with Crippen molar-refractivity contribution >= 4 is 58.7 Å². The van der Waals surface area contributed by atoms with Gasteiger partial charge in [-0.25, -0.2) is 14.3 Å². The number of aliphatic carboxylic acids is 1. The zero-order valence-electron chi connectivity index (χ0n) is 19.5. The molecule has 3 N–H and O–H groups in total. The molecule has 0 aromatic carbocycles. The van der Waals surface area contributed by atoms with E-state index in [9.17, 15) is 24.3 Å². The minimum atomic E-state index is -1.24. The number of amides is 4. The number of rotatable bonds is 9. The Hall–Kier alpha value is -3.62. The normalized spacial score (nSPS) is 19.4. The Kier molecular flexibility index (Phi) is 8.00. The Morgan fingerprint density at radius 2 is 2.22 bits per heavy atom. The maximum absolute atomic E-state index is 13.2. The summed E-state index contributed by atoms with van der Waals surface area (Å²) in [4.78, 5) is 53.6. The quantitative estimate of drug-likeness (QED) is 0.212. The number of carbonyl (C=O) groups is 4. The first kappa shape index (κ1) is 26.4. The second-order valence-electron chi connectivity index (χ2n) is 7.94. The molecule has 17 heteroatoms. The number of thiophene rings is 1. The molecule has 37 heavy (non-hydrogen) atoms. The highest BCUT2D eigenvalue weighted by Gasteiger charge is 2.54. The van der Waals surface area contributed by atoms with Crippen LogP contribution in [0.3, 0.4) is 0 Å². The molecule has 1 saturated heterocycles. The van der Waals surface area contributed by atoms with Crippen molar-refractivity contribution in [1.29, 1.82) is 5.26 Å². The second kappa shape index (κ2) is 11.2. The molecule has 1 fully saturated rings. The van der Waals surface area contributed by atoms with Crippen molar-refractivity contribution in [3.05, 3.63) is 33.7 Å². The Labute approximate surface area is 223 Å². The Bertz CT molecular complexity index is 1290. The molecule has 2 aliphatic heterocycles. The molecule has 14 nitrogen and oxygen atoms in total. The summed E-state index contributed by atoms with van der Waals surface area (Å²) in [7, 11) is 3.09. The van der Waals surface area contributed by atoms with Crippen LogP contribution in [-0.4, -0.2) is 95.4 Å². The standard InChI is InChI=1S/C20H21N9O5S3/c1-27(6-5-21)19(34)23-12(11-4-3-7-35-11)15(30)22-13-16(31)29-14(18(32)33)10(8-36-17(13)29)9-37-20-24-25-26-28(20)2/h3-4,7,12-13,17H,6,8-9H2,1-2H3,(H,22,30)(H,23,34)(H,32,33)/t12?,13-,17?/m0/s1. The van der Waals surface area contributed by atoms with Gasteiger partial charge in [-0.15, -0.1) is 28.2 Å². The van der Waals surface area contributed by atoms with Crippen molar-refractivity contribution in [3.8, 4) is 6.07 Å². The lowest BCUT2D eigenvalue weighted by Gasteiger charge is -2.49. The smallest absolute Gasteiger partial charge is 0.352 e. The van der Waals surface area contributed by atoms with Gasteiger partial charge in [-0.3, -0.25) is 14.5 Å². The van der Waals surface area contributed by atoms with Crippen LogP contribution < -0.4 is 10.6 Å². The van der Waals surface area contributed by atoms with Crippen LogP contribution in [0.25, 0.3) is 0 Å². The van der Waals surface area contributed by atoms with Crippen molar-refractivity contribution < 1.29 is 24.3 Å². The lowest BCUT2D eigenvalue weighted by Crippen LogP contribution is -2.71. The van der Waals surface area contributed by atoms with E-state index in [0.29, 0.717) is 21.4 Å². The van der Waals surface area contributed by atoms with Crippen LogP contribution in [0.2, 0.25) is 0 Å². The van der Waals surface area contributed by atoms with E-state index in [1.807, 2.05) is 6.07 Å². The third kappa shape index (κ3) is 5.40. The van der Waals surface area contributed by atoms with Crippen LogP contribution >= 0.6 is 34.9 Å². The monoisotopic (exact) mass is 563 g/mol. The summed E-state index contributed by atoms with van der Waals surface area (Å²) < 4.78 is 1.46. The van der Waals surface area contributed by atoms with Crippen LogP contribution in [0.5, 0.6) is 0 Å². The number of hydrogen-bond acceptors (Lipinski definition) is 11. The van der Waals surface area contributed by atoms with Crippen LogP contribution in [0.1, 0.15) is 10.9 Å². The number of nitriles is 1. The Morgan fingerprint density at radius 1 is 1.43 bits per heavy atom. The summed E-state index contributed by atoms with van der Waals surface area (Å²) in [5.74, 6) is -1.79. The van der Waals surface area contributed by atoms with Crippen LogP contribution in [0, 0.1) is 11.3 Å². The van der Waals surface area contributed by atoms with Gasteiger partial charge in [0.25, 0.3) is 5.91 Å².